The van der Waals surface area contributed by atoms with Gasteiger partial charge in [-0.3, -0.25) is 9.59 Å². The van der Waals surface area contributed by atoms with E-state index in [0.717, 1.165) is 0 Å². The molecule has 6 nitrogen and oxygen atoms in total. The first-order valence-corrected chi connectivity index (χ1v) is 5.76. The minimum Gasteiger partial charge on any atom is -0.400 e. The first-order valence-electron chi connectivity index (χ1n) is 5.76. The maximum absolute atomic E-state index is 11.6. The Morgan fingerprint density at radius 3 is 2.06 bits per heavy atom. The average molecular weight is 252 g/mol. The van der Waals surface area contributed by atoms with E-state index in [4.69, 9.17) is 11.0 Å². The molecule has 0 aliphatic carbocycles. The molecule has 0 aromatic carbocycles. The maximum Gasteiger partial charge on any atom is 0.263 e. The van der Waals surface area contributed by atoms with Gasteiger partial charge in [-0.1, -0.05) is 0 Å². The van der Waals surface area contributed by atoms with E-state index in [9.17, 15) is 9.59 Å². The molecule has 2 amide bonds. The van der Waals surface area contributed by atoms with Crippen LogP contribution in [0, 0.1) is 11.3 Å². The van der Waals surface area contributed by atoms with Gasteiger partial charge in [-0.15, -0.1) is 0 Å². The Kier molecular flexibility index (Phi) is 6.50. The molecule has 0 fully saturated rings. The van der Waals surface area contributed by atoms with Gasteiger partial charge in [-0.25, -0.2) is 0 Å². The van der Waals surface area contributed by atoms with Crippen LogP contribution in [0.2, 0.25) is 0 Å². The number of amides is 2. The molecule has 0 radical (unpaired) electrons. The number of carbonyl (C=O) groups is 2. The van der Waals surface area contributed by atoms with Crippen LogP contribution < -0.4 is 16.4 Å². The molecule has 100 valence electrons. The van der Waals surface area contributed by atoms with Crippen LogP contribution in [-0.4, -0.2) is 23.9 Å². The van der Waals surface area contributed by atoms with Crippen LogP contribution in [0.1, 0.15) is 34.1 Å². The molecule has 0 aliphatic heterocycles. The summed E-state index contributed by atoms with van der Waals surface area (Å²) in [5.41, 5.74) is 5.39. The Bertz CT molecular complexity index is 391. The fourth-order valence-corrected chi connectivity index (χ4v) is 1.24. The maximum atomic E-state index is 11.6. The van der Waals surface area contributed by atoms with Crippen molar-refractivity contribution in [1.29, 1.82) is 5.26 Å². The Morgan fingerprint density at radius 1 is 1.17 bits per heavy atom. The largest absolute Gasteiger partial charge is 0.400 e. The summed E-state index contributed by atoms with van der Waals surface area (Å²) in [4.78, 5) is 23.1. The molecular formula is C12H20N4O2. The van der Waals surface area contributed by atoms with Crippen LogP contribution in [0.25, 0.3) is 0 Å². The second-order valence-corrected chi connectivity index (χ2v) is 4.54. The summed E-state index contributed by atoms with van der Waals surface area (Å²) in [5.74, 6) is -0.866. The summed E-state index contributed by atoms with van der Waals surface area (Å²) in [6.07, 6.45) is -0.160. The normalized spacial score (nSPS) is 11.8. The van der Waals surface area contributed by atoms with Crippen molar-refractivity contribution in [3.63, 3.8) is 0 Å². The molecule has 0 aromatic heterocycles. The second-order valence-electron chi connectivity index (χ2n) is 4.54. The number of hydrogen-bond donors (Lipinski definition) is 3. The van der Waals surface area contributed by atoms with Crippen LogP contribution in [0.5, 0.6) is 0 Å². The standard InChI is InChI=1S/C12H20N4O2/c1-7(2)15-11(17)5-10(14)9(6-13)12(18)16-8(3)4/h7-8H,5,14H2,1-4H3,(H,15,17)(H,16,18)/b10-9-. The van der Waals surface area contributed by atoms with Gasteiger partial charge in [0.05, 0.1) is 6.42 Å². The van der Waals surface area contributed by atoms with E-state index in [1.807, 2.05) is 13.8 Å². The number of rotatable bonds is 5. The minimum absolute atomic E-state index is 0.0136. The predicted octanol–water partition coefficient (Wildman–Crippen LogP) is 0.162. The minimum atomic E-state index is -0.553. The third kappa shape index (κ3) is 5.89. The highest BCUT2D eigenvalue weighted by molar-refractivity contribution is 5.99. The van der Waals surface area contributed by atoms with Gasteiger partial charge in [0.1, 0.15) is 11.6 Å². The summed E-state index contributed by atoms with van der Waals surface area (Å²) in [5, 5.41) is 14.1. The third-order valence-corrected chi connectivity index (χ3v) is 1.88. The van der Waals surface area contributed by atoms with E-state index >= 15 is 0 Å². The number of hydrogen-bond acceptors (Lipinski definition) is 4. The quantitative estimate of drug-likeness (QED) is 0.478. The van der Waals surface area contributed by atoms with Gasteiger partial charge in [0, 0.05) is 17.8 Å². The van der Waals surface area contributed by atoms with Crippen molar-refractivity contribution >= 4 is 11.8 Å². The van der Waals surface area contributed by atoms with Gasteiger partial charge in [-0.2, -0.15) is 5.26 Å². The topological polar surface area (TPSA) is 108 Å². The van der Waals surface area contributed by atoms with E-state index in [2.05, 4.69) is 10.6 Å². The monoisotopic (exact) mass is 252 g/mol. The molecule has 0 aromatic rings. The number of nitrogens with zero attached hydrogens (tertiary/aromatic N) is 1. The van der Waals surface area contributed by atoms with Crippen molar-refractivity contribution in [2.45, 2.75) is 46.2 Å². The van der Waals surface area contributed by atoms with Gasteiger partial charge in [-0.05, 0) is 27.7 Å². The highest BCUT2D eigenvalue weighted by Gasteiger charge is 2.16. The highest BCUT2D eigenvalue weighted by Crippen LogP contribution is 2.03. The van der Waals surface area contributed by atoms with Crippen LogP contribution in [0.4, 0.5) is 0 Å². The molecule has 0 aliphatic rings. The van der Waals surface area contributed by atoms with Crippen molar-refractivity contribution in [3.8, 4) is 6.07 Å². The van der Waals surface area contributed by atoms with E-state index in [-0.39, 0.29) is 35.7 Å². The molecule has 0 rings (SSSR count). The number of nitrogens with two attached hydrogens (primary N) is 1. The fourth-order valence-electron chi connectivity index (χ4n) is 1.24. The molecule has 0 heterocycles. The zero-order valence-corrected chi connectivity index (χ0v) is 11.2. The van der Waals surface area contributed by atoms with E-state index in [1.165, 1.54) is 0 Å². The molecule has 0 atom stereocenters. The lowest BCUT2D eigenvalue weighted by molar-refractivity contribution is -0.120. The molecule has 0 bridgehead atoms. The number of nitriles is 1. The Hall–Kier alpha value is -2.03. The van der Waals surface area contributed by atoms with Crippen molar-refractivity contribution in [2.24, 2.45) is 5.73 Å². The van der Waals surface area contributed by atoms with Crippen molar-refractivity contribution < 1.29 is 9.59 Å². The number of nitrogens with one attached hydrogen (secondary N) is 2. The fraction of sp³-hybridized carbons (Fsp3) is 0.583. The van der Waals surface area contributed by atoms with E-state index in [1.54, 1.807) is 19.9 Å². The molecule has 6 heteroatoms. The van der Waals surface area contributed by atoms with Crippen molar-refractivity contribution in [2.75, 3.05) is 0 Å². The van der Waals surface area contributed by atoms with E-state index < -0.39 is 5.91 Å². The lowest BCUT2D eigenvalue weighted by Gasteiger charge is -2.11. The molecule has 0 saturated carbocycles. The molecular weight excluding hydrogens is 232 g/mol. The lowest BCUT2D eigenvalue weighted by Crippen LogP contribution is -2.34. The molecule has 18 heavy (non-hydrogen) atoms. The smallest absolute Gasteiger partial charge is 0.263 e. The van der Waals surface area contributed by atoms with Crippen LogP contribution in [-0.2, 0) is 9.59 Å². The summed E-state index contributed by atoms with van der Waals surface area (Å²) >= 11 is 0. The van der Waals surface area contributed by atoms with Gasteiger partial charge in [0.15, 0.2) is 0 Å². The molecule has 0 spiro atoms. The van der Waals surface area contributed by atoms with Crippen LogP contribution in [0.15, 0.2) is 11.3 Å². The SMILES string of the molecule is CC(C)NC(=O)C/C(N)=C(\C#N)C(=O)NC(C)C. The molecule has 0 saturated heterocycles. The number of carbonyl (C=O) groups excluding carboxylic acids is 2. The highest BCUT2D eigenvalue weighted by atomic mass is 16.2. The average Bonchev–Trinajstić information content (AvgIpc) is 2.14. The third-order valence-electron chi connectivity index (χ3n) is 1.88. The lowest BCUT2D eigenvalue weighted by atomic mass is 10.1. The first-order chi connectivity index (χ1) is 8.27. The van der Waals surface area contributed by atoms with Gasteiger partial charge >= 0.3 is 0 Å². The van der Waals surface area contributed by atoms with Gasteiger partial charge in [0.2, 0.25) is 5.91 Å². The van der Waals surface area contributed by atoms with Gasteiger partial charge < -0.3 is 16.4 Å². The summed E-state index contributed by atoms with van der Waals surface area (Å²) in [6, 6.07) is 1.62. The second kappa shape index (κ2) is 7.33. The van der Waals surface area contributed by atoms with Crippen molar-refractivity contribution in [3.05, 3.63) is 11.3 Å². The van der Waals surface area contributed by atoms with Crippen molar-refractivity contribution in [1.82, 2.24) is 10.6 Å². The summed E-state index contributed by atoms with van der Waals surface area (Å²) in [6.45, 7) is 7.17. The first kappa shape index (κ1) is 16.0. The zero-order chi connectivity index (χ0) is 14.3. The van der Waals surface area contributed by atoms with E-state index in [0.29, 0.717) is 0 Å². The van der Waals surface area contributed by atoms with Gasteiger partial charge in [0.25, 0.3) is 5.91 Å². The summed E-state index contributed by atoms with van der Waals surface area (Å²) in [7, 11) is 0. The Morgan fingerprint density at radius 2 is 1.67 bits per heavy atom. The predicted molar refractivity (Wildman–Crippen MR) is 68.0 cm³/mol. The zero-order valence-electron chi connectivity index (χ0n) is 11.2. The van der Waals surface area contributed by atoms with Crippen LogP contribution in [0.3, 0.4) is 0 Å². The molecule has 4 N–H and O–H groups in total. The summed E-state index contributed by atoms with van der Waals surface area (Å²) < 4.78 is 0. The van der Waals surface area contributed by atoms with Crippen LogP contribution >= 0.6 is 0 Å². The molecule has 0 unspecified atom stereocenters. The Labute approximate surface area is 107 Å². The Balaban J connectivity index is 4.79.